The third kappa shape index (κ3) is 1.59. The zero-order chi connectivity index (χ0) is 6.57. The number of hydrogen-bond acceptors (Lipinski definition) is 2. The molecule has 0 fully saturated rings. The summed E-state index contributed by atoms with van der Waals surface area (Å²) < 4.78 is 0. The van der Waals surface area contributed by atoms with Gasteiger partial charge in [-0.05, 0) is 0 Å². The average Bonchev–Trinajstić information content (AvgIpc) is 1.69. The van der Waals surface area contributed by atoms with E-state index in [-0.39, 0.29) is 5.84 Å². The zero-order valence-electron chi connectivity index (χ0n) is 4.80. The summed E-state index contributed by atoms with van der Waals surface area (Å²) in [4.78, 5) is 13.4. The van der Waals surface area contributed by atoms with Crippen molar-refractivity contribution in [3.8, 4) is 0 Å². The number of carboxylic acid groups (broad SMARTS) is 1. The van der Waals surface area contributed by atoms with Crippen molar-refractivity contribution < 1.29 is 9.90 Å². The predicted octanol–water partition coefficient (Wildman–Crippen LogP) is -0.681. The highest BCUT2D eigenvalue weighted by molar-refractivity contribution is 6.34. The maximum atomic E-state index is 9.97. The van der Waals surface area contributed by atoms with E-state index in [0.29, 0.717) is 0 Å². The Morgan fingerprint density at radius 3 is 2.25 bits per heavy atom. The topological polar surface area (TPSA) is 61.7 Å². The minimum absolute atomic E-state index is 0.0231. The Morgan fingerprint density at radius 2 is 2.25 bits per heavy atom. The Balaban J connectivity index is 3.92. The fraction of sp³-hybridized carbons (Fsp3) is 0.500. The molecule has 0 aromatic rings. The van der Waals surface area contributed by atoms with Gasteiger partial charge in [-0.15, -0.1) is 0 Å². The van der Waals surface area contributed by atoms with E-state index < -0.39 is 5.97 Å². The van der Waals surface area contributed by atoms with Gasteiger partial charge >= 0.3 is 5.97 Å². The first-order chi connectivity index (χ1) is 3.72. The van der Waals surface area contributed by atoms with Crippen LogP contribution in [0.4, 0.5) is 0 Å². The molecule has 0 rings (SSSR count). The van der Waals surface area contributed by atoms with E-state index in [9.17, 15) is 4.79 Å². The molecule has 0 aromatic heterocycles. The summed E-state index contributed by atoms with van der Waals surface area (Å²) in [5.41, 5.74) is 0. The lowest BCUT2D eigenvalue weighted by molar-refractivity contribution is -0.129. The summed E-state index contributed by atoms with van der Waals surface area (Å²) in [6, 6.07) is 0. The molecule has 0 saturated carbocycles. The summed E-state index contributed by atoms with van der Waals surface area (Å²) in [5, 5.41) is 10.6. The van der Waals surface area contributed by atoms with Crippen molar-refractivity contribution in [2.75, 3.05) is 14.1 Å². The van der Waals surface area contributed by atoms with Crippen LogP contribution in [0.25, 0.3) is 0 Å². The summed E-state index contributed by atoms with van der Waals surface area (Å²) in [7, 11) is 2.93. The number of aliphatic imine (C=N–C) groups is 1. The molecule has 2 N–H and O–H groups in total. The molecule has 46 valence electrons. The van der Waals surface area contributed by atoms with Crippen molar-refractivity contribution in [1.29, 1.82) is 0 Å². The van der Waals surface area contributed by atoms with Gasteiger partial charge in [-0.2, -0.15) is 0 Å². The van der Waals surface area contributed by atoms with Crippen LogP contribution in [0.1, 0.15) is 0 Å². The van der Waals surface area contributed by atoms with Gasteiger partial charge in [-0.25, -0.2) is 4.79 Å². The first kappa shape index (κ1) is 6.94. The van der Waals surface area contributed by atoms with Crippen molar-refractivity contribution in [2.24, 2.45) is 4.99 Å². The van der Waals surface area contributed by atoms with Crippen LogP contribution in [0.5, 0.6) is 0 Å². The molecule has 0 saturated heterocycles. The zero-order valence-corrected chi connectivity index (χ0v) is 4.80. The Kier molecular flexibility index (Phi) is 2.61. The molecule has 8 heavy (non-hydrogen) atoms. The van der Waals surface area contributed by atoms with E-state index in [2.05, 4.69) is 10.3 Å². The molecule has 0 amide bonds. The maximum Gasteiger partial charge on any atom is 0.371 e. The van der Waals surface area contributed by atoms with Crippen molar-refractivity contribution >= 4 is 11.8 Å². The second kappa shape index (κ2) is 3.01. The molecular formula is C4H8N2O2. The van der Waals surface area contributed by atoms with Gasteiger partial charge in [0.1, 0.15) is 0 Å². The SMILES string of the molecule is CN=C(NC)C(=O)O. The fourth-order valence-electron chi connectivity index (χ4n) is 0.314. The van der Waals surface area contributed by atoms with Gasteiger partial charge in [0.05, 0.1) is 0 Å². The third-order valence-electron chi connectivity index (χ3n) is 0.663. The van der Waals surface area contributed by atoms with E-state index in [1.807, 2.05) is 0 Å². The van der Waals surface area contributed by atoms with Gasteiger partial charge in [0.2, 0.25) is 5.84 Å². The lowest BCUT2D eigenvalue weighted by Crippen LogP contribution is -2.27. The van der Waals surface area contributed by atoms with Gasteiger partial charge in [-0.3, -0.25) is 4.99 Å². The Morgan fingerprint density at radius 1 is 1.75 bits per heavy atom. The number of rotatable bonds is 0. The van der Waals surface area contributed by atoms with Crippen molar-refractivity contribution in [3.63, 3.8) is 0 Å². The molecule has 0 aliphatic heterocycles. The molecular weight excluding hydrogens is 108 g/mol. The number of amidine groups is 1. The summed E-state index contributed by atoms with van der Waals surface area (Å²) >= 11 is 0. The van der Waals surface area contributed by atoms with E-state index in [0.717, 1.165) is 0 Å². The largest absolute Gasteiger partial charge is 0.475 e. The number of nitrogens with one attached hydrogen (secondary N) is 1. The fourth-order valence-corrected chi connectivity index (χ4v) is 0.314. The standard InChI is InChI=1S/C4H8N2O2/c1-5-3(6-2)4(7)8/h1-2H3,(H,5,6)(H,7,8). The van der Waals surface area contributed by atoms with Crippen LogP contribution in [0.3, 0.4) is 0 Å². The molecule has 0 unspecified atom stereocenters. The summed E-state index contributed by atoms with van der Waals surface area (Å²) in [6.45, 7) is 0. The Hall–Kier alpha value is -1.06. The molecule has 0 radical (unpaired) electrons. The van der Waals surface area contributed by atoms with Crippen molar-refractivity contribution in [1.82, 2.24) is 5.32 Å². The van der Waals surface area contributed by atoms with E-state index in [1.54, 1.807) is 0 Å². The van der Waals surface area contributed by atoms with Gasteiger partial charge < -0.3 is 10.4 Å². The van der Waals surface area contributed by atoms with Crippen LogP contribution in [-0.4, -0.2) is 31.0 Å². The molecule has 4 nitrogen and oxygen atoms in total. The molecule has 0 spiro atoms. The first-order valence-electron chi connectivity index (χ1n) is 2.10. The third-order valence-corrected chi connectivity index (χ3v) is 0.663. The minimum Gasteiger partial charge on any atom is -0.475 e. The highest BCUT2D eigenvalue weighted by atomic mass is 16.4. The molecule has 0 bridgehead atoms. The lowest BCUT2D eigenvalue weighted by atomic mass is 10.6. The predicted molar refractivity (Wildman–Crippen MR) is 30.1 cm³/mol. The highest BCUT2D eigenvalue weighted by Crippen LogP contribution is 1.67. The summed E-state index contributed by atoms with van der Waals surface area (Å²) in [6.07, 6.45) is 0. The van der Waals surface area contributed by atoms with Crippen LogP contribution in [0.2, 0.25) is 0 Å². The molecule has 0 atom stereocenters. The number of carboxylic acids is 1. The maximum absolute atomic E-state index is 9.97. The van der Waals surface area contributed by atoms with Crippen LogP contribution in [0, 0.1) is 0 Å². The molecule has 0 aromatic carbocycles. The quantitative estimate of drug-likeness (QED) is 0.325. The van der Waals surface area contributed by atoms with Gasteiger partial charge in [0.15, 0.2) is 0 Å². The Labute approximate surface area is 47.2 Å². The molecule has 0 heterocycles. The second-order valence-electron chi connectivity index (χ2n) is 1.13. The van der Waals surface area contributed by atoms with Gasteiger partial charge in [0, 0.05) is 14.1 Å². The monoisotopic (exact) mass is 116 g/mol. The van der Waals surface area contributed by atoms with E-state index in [4.69, 9.17) is 5.11 Å². The van der Waals surface area contributed by atoms with Crippen LogP contribution in [0.15, 0.2) is 4.99 Å². The molecule has 0 aliphatic rings. The first-order valence-corrected chi connectivity index (χ1v) is 2.10. The van der Waals surface area contributed by atoms with Crippen LogP contribution in [-0.2, 0) is 4.79 Å². The summed E-state index contributed by atoms with van der Waals surface area (Å²) in [5.74, 6) is -1.06. The van der Waals surface area contributed by atoms with Crippen molar-refractivity contribution in [3.05, 3.63) is 0 Å². The number of aliphatic carboxylic acids is 1. The minimum atomic E-state index is -1.03. The number of likely N-dealkylation sites (N-methyl/N-ethyl adjacent to an activating group) is 1. The van der Waals surface area contributed by atoms with Crippen molar-refractivity contribution in [2.45, 2.75) is 0 Å². The van der Waals surface area contributed by atoms with E-state index >= 15 is 0 Å². The molecule has 0 aliphatic carbocycles. The van der Waals surface area contributed by atoms with Crippen LogP contribution < -0.4 is 5.32 Å². The highest BCUT2D eigenvalue weighted by Gasteiger charge is 2.01. The second-order valence-corrected chi connectivity index (χ2v) is 1.13. The Bertz CT molecular complexity index is 119. The number of hydrogen-bond donors (Lipinski definition) is 2. The van der Waals surface area contributed by atoms with Gasteiger partial charge in [-0.1, -0.05) is 0 Å². The van der Waals surface area contributed by atoms with Gasteiger partial charge in [0.25, 0.3) is 0 Å². The lowest BCUT2D eigenvalue weighted by Gasteiger charge is -1.93. The molecule has 4 heteroatoms. The normalized spacial score (nSPS) is 11.0. The van der Waals surface area contributed by atoms with E-state index in [1.165, 1.54) is 14.1 Å². The number of nitrogens with zero attached hydrogens (tertiary/aromatic N) is 1. The van der Waals surface area contributed by atoms with Crippen LogP contribution >= 0.6 is 0 Å². The smallest absolute Gasteiger partial charge is 0.371 e. The average molecular weight is 116 g/mol. The number of carbonyl (C=O) groups is 1.